The lowest BCUT2D eigenvalue weighted by atomic mass is 9.47. The molecule has 0 aromatic carbocycles. The molecule has 4 aliphatic carbocycles. The number of β-amino-alcohol motifs (C(OH)–C–C–N with tert-alkyl or cyclic N) is 1. The van der Waals surface area contributed by atoms with Gasteiger partial charge >= 0.3 is 20.6 Å². The van der Waals surface area contributed by atoms with Crippen LogP contribution in [0.15, 0.2) is 11.6 Å². The molecule has 4 saturated heterocycles. The maximum Gasteiger partial charge on any atom is 0.472 e. The number of carbonyl (C=O) groups excluding carboxylic acids is 8. The standard InChI is InChI=1S/C84H146N8O27P2S/c1-52(2)22-20-23-53(3)63-32-33-64-62-31-30-56-44-60(34-36-83(56,6)65(62)35-37-84(63,64)7)116-82(107)87-40-16-9-11-29-72(101)92-48-61(46-57(92)24-21-43-114-121(110,111)122)119-120(108,109)115-51-58-45-59(97)47-91(58)71(100)28-10-8-15-39-86-79(106)66(90-70(99)27-14-19-42-113-81-74(89-55(5)96)78(105)76(103)68(50-94)118-81)25-12-17-38-85-69(98)26-13-18-41-112-80-73(88-54(4)95)77(104)75(102)67(49-93)117-80/h30,52-53,57-68,73-78,80-81,93-94,97,102-105H,8-29,31-51H2,1-7H3,(H,85,98)(H,86,106)(H,87,107)(H,88,95)(H,89,96)(H,90,99)(H,108,109)(H2,110,111,122)/t53-,57?,58?,59-,60?,61-,62?,63?,64?,65?,66+,67?,68?,73?,74?,75?,76?,77?,78?,80?,81?,83+,84-/m1/s1. The van der Waals surface area contributed by atoms with Crippen molar-refractivity contribution in [2.45, 2.75) is 352 Å². The molecule has 0 aromatic rings. The van der Waals surface area contributed by atoms with Gasteiger partial charge in [0.05, 0.1) is 44.7 Å². The van der Waals surface area contributed by atoms with E-state index in [1.54, 1.807) is 4.90 Å². The third kappa shape index (κ3) is 31.1. The average Bonchev–Trinajstić information content (AvgIpc) is 1.47. The minimum absolute atomic E-state index is 0.00416. The van der Waals surface area contributed by atoms with Crippen molar-refractivity contribution in [2.75, 3.05) is 72.4 Å². The highest BCUT2D eigenvalue weighted by Gasteiger charge is 2.60. The van der Waals surface area contributed by atoms with E-state index >= 15 is 0 Å². The first-order valence-electron chi connectivity index (χ1n) is 45.1. The Balaban J connectivity index is 0.732. The zero-order valence-corrected chi connectivity index (χ0v) is 75.4. The molecule has 0 radical (unpaired) electrons. The van der Waals surface area contributed by atoms with Gasteiger partial charge < -0.3 is 120 Å². The second-order valence-electron chi connectivity index (χ2n) is 36.4. The van der Waals surface area contributed by atoms with Crippen molar-refractivity contribution in [1.82, 2.24) is 41.7 Å². The third-order valence-corrected chi connectivity index (χ3v) is 28.7. The number of likely N-dealkylation sites (tertiary alicyclic amines) is 2. The number of hydrogen-bond acceptors (Lipinski definition) is 25. The molecule has 7 fully saturated rings. The fraction of sp³-hybridized carbons (Fsp3) is 0.881. The molecular formula is C84H146N8O27P2S. The number of amides is 8. The summed E-state index contributed by atoms with van der Waals surface area (Å²) < 4.78 is 58.7. The molecular weight excluding hydrogens is 1650 g/mol. The minimum Gasteiger partial charge on any atom is -0.446 e. The van der Waals surface area contributed by atoms with E-state index in [2.05, 4.69) is 84.4 Å². The summed E-state index contributed by atoms with van der Waals surface area (Å²) in [6, 6.07) is -4.50. The number of phosphoric acid groups is 1. The molecule has 35 nitrogen and oxygen atoms in total. The lowest BCUT2D eigenvalue weighted by Gasteiger charge is -2.58. The Labute approximate surface area is 724 Å². The van der Waals surface area contributed by atoms with Crippen LogP contribution < -0.4 is 31.9 Å². The number of nitrogens with one attached hydrogen (secondary N) is 6. The van der Waals surface area contributed by atoms with Gasteiger partial charge in [-0.15, -0.1) is 0 Å². The molecule has 4 aliphatic heterocycles. The third-order valence-electron chi connectivity index (χ3n) is 26.9. The molecule has 122 heavy (non-hydrogen) atoms. The van der Waals surface area contributed by atoms with Gasteiger partial charge in [-0.2, -0.15) is 0 Å². The van der Waals surface area contributed by atoms with Crippen LogP contribution in [0.3, 0.4) is 0 Å². The molecule has 8 amide bonds. The van der Waals surface area contributed by atoms with E-state index in [1.165, 1.54) is 69.3 Å². The highest BCUT2D eigenvalue weighted by Crippen LogP contribution is 2.67. The van der Waals surface area contributed by atoms with Gasteiger partial charge in [-0.25, -0.2) is 9.36 Å². The molecule has 38 heteroatoms. The zero-order chi connectivity index (χ0) is 89.1. The van der Waals surface area contributed by atoms with Gasteiger partial charge in [-0.1, -0.05) is 78.4 Å². The second-order valence-corrected chi connectivity index (χ2v) is 40.4. The number of aliphatic hydroxyl groups is 7. The van der Waals surface area contributed by atoms with E-state index in [0.29, 0.717) is 94.9 Å². The number of nitrogens with zero attached hydrogens (tertiary/aromatic N) is 2. The van der Waals surface area contributed by atoms with Gasteiger partial charge in [0.1, 0.15) is 60.9 Å². The predicted octanol–water partition coefficient (Wildman–Crippen LogP) is 5.46. The smallest absolute Gasteiger partial charge is 0.446 e. The van der Waals surface area contributed by atoms with Crippen molar-refractivity contribution in [1.29, 1.82) is 0 Å². The Hall–Kier alpha value is -4.50. The number of ether oxygens (including phenoxy) is 5. The molecule has 4 heterocycles. The van der Waals surface area contributed by atoms with Gasteiger partial charge in [0, 0.05) is 97.9 Å². The van der Waals surface area contributed by atoms with E-state index in [1.807, 2.05) is 0 Å². The second kappa shape index (κ2) is 49.9. The van der Waals surface area contributed by atoms with Crippen molar-refractivity contribution in [3.05, 3.63) is 11.6 Å². The largest absolute Gasteiger partial charge is 0.472 e. The highest BCUT2D eigenvalue weighted by molar-refractivity contribution is 8.06. The maximum atomic E-state index is 13.9. The number of alkyl carbamates (subject to hydrolysis) is 1. The Morgan fingerprint density at radius 2 is 1.18 bits per heavy atom. The molecule has 3 saturated carbocycles. The Morgan fingerprint density at radius 1 is 0.598 bits per heavy atom. The summed E-state index contributed by atoms with van der Waals surface area (Å²) in [7, 11) is -4.84. The van der Waals surface area contributed by atoms with Gasteiger partial charge in [0.2, 0.25) is 41.4 Å². The average molecular weight is 1790 g/mol. The van der Waals surface area contributed by atoms with E-state index in [9.17, 15) is 93.3 Å². The minimum atomic E-state index is -4.84. The van der Waals surface area contributed by atoms with Crippen LogP contribution in [0.1, 0.15) is 254 Å². The van der Waals surface area contributed by atoms with Gasteiger partial charge in [-0.3, -0.25) is 42.6 Å². The summed E-state index contributed by atoms with van der Waals surface area (Å²) in [6.07, 6.45) is 8.82. The van der Waals surface area contributed by atoms with Crippen LogP contribution in [0.2, 0.25) is 0 Å². The lowest BCUT2D eigenvalue weighted by Crippen LogP contribution is -2.64. The van der Waals surface area contributed by atoms with Gasteiger partial charge in [0.25, 0.3) is 0 Å². The molecule has 0 spiro atoms. The van der Waals surface area contributed by atoms with Crippen LogP contribution in [0.5, 0.6) is 0 Å². The number of fused-ring (bicyclic) bond motifs is 5. The number of rotatable bonds is 51. The molecule has 0 aromatic heterocycles. The predicted molar refractivity (Wildman–Crippen MR) is 451 cm³/mol. The number of aliphatic hydroxyl groups excluding tert-OH is 7. The number of allylic oxidation sites excluding steroid dienone is 1. The summed E-state index contributed by atoms with van der Waals surface area (Å²) >= 11 is 4.62. The SMILES string of the molecule is CC(=O)NC1C(OCCCCC(=O)NCCCC[C@H](NC(=O)CCCCOC2OC(CO)C(O)C(O)C2NC(C)=O)C(=O)NCCCCCC(=O)N2C[C@H](O)CC2COP(=O)(O)O[C@@H]2CC(CCCOP(O)(O)=S)N(C(=O)CCCCCNC(=O)OC3CC[C@@]4(C)C(=CCC5C6CCC([C@H](C)CCCC(C)C)[C@@]6(C)CCC54)C3)C2)OC(CO)C(O)C1O. The normalized spacial score (nSPS) is 31.8. The van der Waals surface area contributed by atoms with Crippen LogP contribution >= 0.6 is 14.5 Å². The topological polar surface area (TPSA) is 508 Å². The first kappa shape index (κ1) is 103. The number of hydrogen-bond donors (Lipinski definition) is 16. The van der Waals surface area contributed by atoms with Crippen LogP contribution in [0.4, 0.5) is 4.79 Å². The summed E-state index contributed by atoms with van der Waals surface area (Å²) in [6.45, 7) is 9.78. The molecule has 8 rings (SSSR count). The first-order chi connectivity index (χ1) is 57.9. The zero-order valence-electron chi connectivity index (χ0n) is 72.8. The van der Waals surface area contributed by atoms with E-state index in [0.717, 1.165) is 55.3 Å². The molecule has 18 unspecified atom stereocenters. The van der Waals surface area contributed by atoms with E-state index in [-0.39, 0.29) is 133 Å². The van der Waals surface area contributed by atoms with Crippen LogP contribution in [-0.2, 0) is 87.2 Å². The maximum absolute atomic E-state index is 13.9. The Morgan fingerprint density at radius 3 is 1.78 bits per heavy atom. The fourth-order valence-corrected chi connectivity index (χ4v) is 22.0. The fourth-order valence-electron chi connectivity index (χ4n) is 20.4. The van der Waals surface area contributed by atoms with Crippen molar-refractivity contribution in [2.24, 2.45) is 46.3 Å². The summed E-state index contributed by atoms with van der Waals surface area (Å²) in [4.78, 5) is 138. The van der Waals surface area contributed by atoms with Crippen molar-refractivity contribution in [3.8, 4) is 0 Å². The van der Waals surface area contributed by atoms with E-state index in [4.69, 9.17) is 37.3 Å². The molecule has 16 N–H and O–H groups in total. The van der Waals surface area contributed by atoms with Crippen LogP contribution in [0.25, 0.3) is 0 Å². The molecule has 24 atom stereocenters. The van der Waals surface area contributed by atoms with Gasteiger partial charge in [-0.05, 0) is 199 Å². The molecule has 700 valence electrons. The summed E-state index contributed by atoms with van der Waals surface area (Å²) in [5, 5.41) is 88.3. The van der Waals surface area contributed by atoms with Crippen molar-refractivity contribution in [3.63, 3.8) is 0 Å². The van der Waals surface area contributed by atoms with Gasteiger partial charge in [0.15, 0.2) is 12.6 Å². The van der Waals surface area contributed by atoms with Crippen LogP contribution in [0, 0.1) is 46.3 Å². The van der Waals surface area contributed by atoms with E-state index < -0.39 is 156 Å². The molecule has 8 aliphatic rings. The Bertz CT molecular complexity index is 3460. The molecule has 0 bridgehead atoms. The van der Waals surface area contributed by atoms with Crippen molar-refractivity contribution < 1.29 is 131 Å². The monoisotopic (exact) mass is 1790 g/mol. The highest BCUT2D eigenvalue weighted by atomic mass is 32.5. The number of carbonyl (C=O) groups is 8. The van der Waals surface area contributed by atoms with Crippen molar-refractivity contribution >= 4 is 73.8 Å². The van der Waals surface area contributed by atoms with Crippen LogP contribution in [-0.4, -0.2) is 278 Å². The lowest BCUT2D eigenvalue weighted by molar-refractivity contribution is -0.270. The number of phosphoric ester groups is 1. The quantitative estimate of drug-likeness (QED) is 0.0204. The summed E-state index contributed by atoms with van der Waals surface area (Å²) in [5.74, 6) is 1.73. The summed E-state index contributed by atoms with van der Waals surface area (Å²) in [5.41, 5.74) is 2.02. The first-order valence-corrected chi connectivity index (χ1v) is 49.2. The number of unbranched alkanes of at least 4 members (excludes halogenated alkanes) is 7. The Kier molecular flexibility index (Phi) is 42.1.